The average molecular weight is 308 g/mol. The first-order chi connectivity index (χ1) is 9.69. The molecule has 0 amide bonds. The Bertz CT molecular complexity index is 624. The van der Waals surface area contributed by atoms with Gasteiger partial charge in [-0.3, -0.25) is 5.43 Å². The van der Waals surface area contributed by atoms with Gasteiger partial charge < -0.3 is 9.73 Å². The van der Waals surface area contributed by atoms with Gasteiger partial charge in [-0.2, -0.15) is 5.10 Å². The molecule has 0 saturated heterocycles. The van der Waals surface area contributed by atoms with Crippen molar-refractivity contribution in [2.24, 2.45) is 5.10 Å². The zero-order valence-corrected chi connectivity index (χ0v) is 12.5. The van der Waals surface area contributed by atoms with Gasteiger partial charge in [0, 0.05) is 17.1 Å². The highest BCUT2D eigenvalue weighted by Gasteiger charge is 2.03. The summed E-state index contributed by atoms with van der Waals surface area (Å²) in [5, 5.41) is 8.07. The molecule has 0 fully saturated rings. The first kappa shape index (κ1) is 14.6. The molecule has 1 heterocycles. The van der Waals surface area contributed by atoms with Gasteiger partial charge in [-0.15, -0.1) is 0 Å². The molecule has 2 rings (SSSR count). The van der Waals surface area contributed by atoms with Gasteiger partial charge in [0.2, 0.25) is 0 Å². The summed E-state index contributed by atoms with van der Waals surface area (Å²) in [6.07, 6.45) is 1.57. The molecular weight excluding hydrogens is 294 g/mol. The molecule has 0 unspecified atom stereocenters. The van der Waals surface area contributed by atoms with Crippen molar-refractivity contribution in [3.05, 3.63) is 47.2 Å². The van der Waals surface area contributed by atoms with Gasteiger partial charge in [-0.25, -0.2) is 0 Å². The molecule has 4 nitrogen and oxygen atoms in total. The minimum Gasteiger partial charge on any atom is -0.455 e. The third kappa shape index (κ3) is 4.08. The van der Waals surface area contributed by atoms with E-state index in [0.717, 1.165) is 17.9 Å². The van der Waals surface area contributed by atoms with Crippen LogP contribution in [0.15, 0.2) is 45.9 Å². The van der Waals surface area contributed by atoms with Crippen LogP contribution in [0.4, 0.5) is 0 Å². The Morgan fingerprint density at radius 2 is 2.25 bits per heavy atom. The lowest BCUT2D eigenvalue weighted by molar-refractivity contribution is 0.574. The lowest BCUT2D eigenvalue weighted by atomic mass is 10.2. The Hall–Kier alpha value is -1.85. The second kappa shape index (κ2) is 7.07. The zero-order chi connectivity index (χ0) is 14.4. The van der Waals surface area contributed by atoms with Crippen LogP contribution in [0.3, 0.4) is 0 Å². The monoisotopic (exact) mass is 307 g/mol. The third-order valence-corrected chi connectivity index (χ3v) is 2.90. The van der Waals surface area contributed by atoms with Gasteiger partial charge in [0.05, 0.1) is 6.21 Å². The topological polar surface area (TPSA) is 49.6 Å². The van der Waals surface area contributed by atoms with E-state index in [1.807, 2.05) is 43.3 Å². The maximum atomic E-state index is 5.95. The van der Waals surface area contributed by atoms with E-state index in [-0.39, 0.29) is 0 Å². The number of furan rings is 1. The van der Waals surface area contributed by atoms with Gasteiger partial charge in [-0.05, 0) is 43.4 Å². The number of nitrogens with one attached hydrogen (secondary N) is 2. The van der Waals surface area contributed by atoms with E-state index >= 15 is 0 Å². The maximum Gasteiger partial charge on any atom is 0.186 e. The van der Waals surface area contributed by atoms with E-state index in [2.05, 4.69) is 15.8 Å². The number of halogens is 1. The molecule has 0 saturated carbocycles. The van der Waals surface area contributed by atoms with E-state index in [1.54, 1.807) is 6.21 Å². The number of nitrogens with zero attached hydrogens (tertiary/aromatic N) is 1. The van der Waals surface area contributed by atoms with Gasteiger partial charge in [-0.1, -0.05) is 23.7 Å². The summed E-state index contributed by atoms with van der Waals surface area (Å²) in [6, 6.07) is 11.2. The van der Waals surface area contributed by atoms with E-state index in [9.17, 15) is 0 Å². The van der Waals surface area contributed by atoms with Crippen molar-refractivity contribution in [3.8, 4) is 11.3 Å². The fraction of sp³-hybridized carbons (Fsp3) is 0.143. The summed E-state index contributed by atoms with van der Waals surface area (Å²) in [4.78, 5) is 0. The maximum absolute atomic E-state index is 5.95. The average Bonchev–Trinajstić information content (AvgIpc) is 2.88. The standard InChI is InChI=1S/C14H14ClN3OS/c1-2-16-14(20)18-17-9-12-6-7-13(19-12)10-4-3-5-11(15)8-10/h3-9H,2H2,1H3,(H2,16,18,20). The molecule has 2 aromatic rings. The van der Waals surface area contributed by atoms with E-state index in [0.29, 0.717) is 15.9 Å². The van der Waals surface area contributed by atoms with E-state index in [4.69, 9.17) is 28.2 Å². The molecule has 0 spiro atoms. The predicted molar refractivity (Wildman–Crippen MR) is 86.2 cm³/mol. The van der Waals surface area contributed by atoms with Crippen molar-refractivity contribution in [2.75, 3.05) is 6.54 Å². The van der Waals surface area contributed by atoms with Gasteiger partial charge in [0.25, 0.3) is 0 Å². The number of hydrazone groups is 1. The molecule has 0 aliphatic heterocycles. The molecule has 1 aromatic heterocycles. The first-order valence-electron chi connectivity index (χ1n) is 6.11. The minimum atomic E-state index is 0.477. The molecule has 20 heavy (non-hydrogen) atoms. The molecule has 0 bridgehead atoms. The van der Waals surface area contributed by atoms with Crippen LogP contribution in [0.1, 0.15) is 12.7 Å². The van der Waals surface area contributed by atoms with E-state index in [1.165, 1.54) is 0 Å². The molecule has 0 atom stereocenters. The SMILES string of the molecule is CCNC(=S)NN=Cc1ccc(-c2cccc(Cl)c2)o1. The molecule has 6 heteroatoms. The van der Waals surface area contributed by atoms with Crippen molar-refractivity contribution in [1.82, 2.24) is 10.7 Å². The van der Waals surface area contributed by atoms with Gasteiger partial charge in [0.15, 0.2) is 5.11 Å². The van der Waals surface area contributed by atoms with Crippen LogP contribution >= 0.6 is 23.8 Å². The molecule has 104 valence electrons. The predicted octanol–water partition coefficient (Wildman–Crippen LogP) is 3.42. The summed E-state index contributed by atoms with van der Waals surface area (Å²) in [6.45, 7) is 2.71. The Morgan fingerprint density at radius 1 is 1.40 bits per heavy atom. The number of benzene rings is 1. The van der Waals surface area contributed by atoms with Crippen molar-refractivity contribution in [3.63, 3.8) is 0 Å². The van der Waals surface area contributed by atoms with Gasteiger partial charge in [0.1, 0.15) is 11.5 Å². The van der Waals surface area contributed by atoms with Crippen LogP contribution in [0.25, 0.3) is 11.3 Å². The molecule has 0 aliphatic carbocycles. The van der Waals surface area contributed by atoms with Crippen molar-refractivity contribution in [1.29, 1.82) is 0 Å². The van der Waals surface area contributed by atoms with Crippen LogP contribution in [0.5, 0.6) is 0 Å². The fourth-order valence-electron chi connectivity index (χ4n) is 1.57. The zero-order valence-electron chi connectivity index (χ0n) is 10.9. The normalized spacial score (nSPS) is 10.7. The van der Waals surface area contributed by atoms with Crippen LogP contribution in [0.2, 0.25) is 5.02 Å². The molecule has 1 aromatic carbocycles. The Morgan fingerprint density at radius 3 is 3.00 bits per heavy atom. The Labute approximate surface area is 127 Å². The Kier molecular flexibility index (Phi) is 5.15. The highest BCUT2D eigenvalue weighted by molar-refractivity contribution is 7.80. The summed E-state index contributed by atoms with van der Waals surface area (Å²) < 4.78 is 5.65. The summed E-state index contributed by atoms with van der Waals surface area (Å²) in [5.74, 6) is 1.37. The highest BCUT2D eigenvalue weighted by atomic mass is 35.5. The Balaban J connectivity index is 2.02. The second-order valence-corrected chi connectivity index (χ2v) is 4.79. The summed E-state index contributed by atoms with van der Waals surface area (Å²) in [7, 11) is 0. The van der Waals surface area contributed by atoms with Crippen molar-refractivity contribution < 1.29 is 4.42 Å². The number of rotatable bonds is 4. The van der Waals surface area contributed by atoms with Crippen molar-refractivity contribution >= 4 is 35.1 Å². The summed E-state index contributed by atoms with van der Waals surface area (Å²) in [5.41, 5.74) is 3.62. The molecule has 2 N–H and O–H groups in total. The number of thiocarbonyl (C=S) groups is 1. The third-order valence-electron chi connectivity index (χ3n) is 2.43. The number of hydrogen-bond donors (Lipinski definition) is 2. The second-order valence-electron chi connectivity index (χ2n) is 3.94. The molecular formula is C14H14ClN3OS. The van der Waals surface area contributed by atoms with Crippen molar-refractivity contribution in [2.45, 2.75) is 6.92 Å². The molecule has 0 aliphatic rings. The van der Waals surface area contributed by atoms with Crippen LogP contribution in [0, 0.1) is 0 Å². The lowest BCUT2D eigenvalue weighted by Crippen LogP contribution is -2.31. The number of hydrogen-bond acceptors (Lipinski definition) is 3. The quantitative estimate of drug-likeness (QED) is 0.516. The summed E-state index contributed by atoms with van der Waals surface area (Å²) >= 11 is 10.9. The smallest absolute Gasteiger partial charge is 0.186 e. The fourth-order valence-corrected chi connectivity index (χ4v) is 1.96. The first-order valence-corrected chi connectivity index (χ1v) is 6.90. The largest absolute Gasteiger partial charge is 0.455 e. The van der Waals surface area contributed by atoms with E-state index < -0.39 is 0 Å². The van der Waals surface area contributed by atoms with Crippen LogP contribution < -0.4 is 10.7 Å². The van der Waals surface area contributed by atoms with Crippen LogP contribution in [-0.4, -0.2) is 17.9 Å². The van der Waals surface area contributed by atoms with Gasteiger partial charge >= 0.3 is 0 Å². The molecule has 0 radical (unpaired) electrons. The van der Waals surface area contributed by atoms with Crippen LogP contribution in [-0.2, 0) is 0 Å². The lowest BCUT2D eigenvalue weighted by Gasteiger charge is -2.01. The highest BCUT2D eigenvalue weighted by Crippen LogP contribution is 2.24. The minimum absolute atomic E-state index is 0.477.